The van der Waals surface area contributed by atoms with Gasteiger partial charge >= 0.3 is 5.97 Å². The number of aromatic nitrogens is 1. The van der Waals surface area contributed by atoms with E-state index in [9.17, 15) is 23.5 Å². The van der Waals surface area contributed by atoms with Crippen molar-refractivity contribution in [3.05, 3.63) is 47.8 Å². The third kappa shape index (κ3) is 7.03. The topological polar surface area (TPSA) is 107 Å². The van der Waals surface area contributed by atoms with Crippen molar-refractivity contribution in [1.82, 2.24) is 10.3 Å². The van der Waals surface area contributed by atoms with Crippen molar-refractivity contribution in [3.8, 4) is 17.2 Å². The molecule has 2 rings (SSSR count). The summed E-state index contributed by atoms with van der Waals surface area (Å²) in [4.78, 5) is 29.8. The molecular formula is C25H32F2N2O6. The molecule has 1 aromatic carbocycles. The van der Waals surface area contributed by atoms with Gasteiger partial charge in [0.05, 0.1) is 7.11 Å². The van der Waals surface area contributed by atoms with Gasteiger partial charge in [-0.1, -0.05) is 34.1 Å². The Morgan fingerprint density at radius 3 is 2.40 bits per heavy atom. The third-order valence-electron chi connectivity index (χ3n) is 5.65. The van der Waals surface area contributed by atoms with E-state index in [1.54, 1.807) is 27.7 Å². The molecule has 0 saturated carbocycles. The van der Waals surface area contributed by atoms with Gasteiger partial charge in [-0.2, -0.15) is 0 Å². The summed E-state index contributed by atoms with van der Waals surface area (Å²) in [6.45, 7) is 8.75. The van der Waals surface area contributed by atoms with Crippen LogP contribution in [0.15, 0.2) is 30.5 Å². The molecule has 192 valence electrons. The molecule has 0 bridgehead atoms. The Balaban J connectivity index is 2.21. The number of amides is 1. The first-order valence-corrected chi connectivity index (χ1v) is 11.3. The number of carbonyl (C=O) groups excluding carboxylic acids is 2. The van der Waals surface area contributed by atoms with E-state index in [0.717, 1.165) is 18.2 Å². The zero-order chi connectivity index (χ0) is 26.3. The monoisotopic (exact) mass is 494 g/mol. The molecule has 0 spiro atoms. The molecule has 2 aromatic rings. The van der Waals surface area contributed by atoms with Gasteiger partial charge in [-0.05, 0) is 30.9 Å². The van der Waals surface area contributed by atoms with Crippen LogP contribution in [0, 0.1) is 23.5 Å². The van der Waals surface area contributed by atoms with Gasteiger partial charge in [0, 0.05) is 18.3 Å². The highest BCUT2D eigenvalue weighted by molar-refractivity contribution is 5.98. The second-order valence-corrected chi connectivity index (χ2v) is 8.59. The highest BCUT2D eigenvalue weighted by atomic mass is 19.1. The molecule has 2 N–H and O–H groups in total. The minimum Gasteiger partial charge on any atom is -0.503 e. The molecule has 1 amide bonds. The van der Waals surface area contributed by atoms with Gasteiger partial charge < -0.3 is 24.6 Å². The first-order chi connectivity index (χ1) is 16.5. The normalized spacial score (nSPS) is 14.5. The van der Waals surface area contributed by atoms with Crippen molar-refractivity contribution in [2.45, 2.75) is 59.3 Å². The summed E-state index contributed by atoms with van der Waals surface area (Å²) in [6.07, 6.45) is 0.164. The molecule has 0 fully saturated rings. The number of methoxy groups -OCH3 is 1. The fourth-order valence-corrected chi connectivity index (χ4v) is 3.46. The number of nitrogens with zero attached hydrogens (tertiary/aromatic N) is 1. The zero-order valence-corrected chi connectivity index (χ0v) is 20.7. The number of rotatable bonds is 11. The predicted octanol–water partition coefficient (Wildman–Crippen LogP) is 4.25. The quantitative estimate of drug-likeness (QED) is 0.450. The number of benzene rings is 1. The van der Waals surface area contributed by atoms with Crippen LogP contribution in [0.4, 0.5) is 8.78 Å². The number of nitrogens with one attached hydrogen (secondary N) is 1. The van der Waals surface area contributed by atoms with E-state index in [1.807, 2.05) is 6.92 Å². The lowest BCUT2D eigenvalue weighted by Gasteiger charge is -2.30. The van der Waals surface area contributed by atoms with Crippen LogP contribution in [0.5, 0.6) is 17.2 Å². The van der Waals surface area contributed by atoms with Crippen LogP contribution in [-0.2, 0) is 9.53 Å². The fraction of sp³-hybridized carbons (Fsp3) is 0.480. The number of carbonyl (C=O) groups is 2. The lowest BCUT2D eigenvalue weighted by atomic mass is 9.98. The van der Waals surface area contributed by atoms with Gasteiger partial charge in [0.15, 0.2) is 28.8 Å². The molecule has 1 aromatic heterocycles. The summed E-state index contributed by atoms with van der Waals surface area (Å²) in [6, 6.07) is 3.18. The molecule has 1 heterocycles. The van der Waals surface area contributed by atoms with Gasteiger partial charge in [0.1, 0.15) is 24.1 Å². The largest absolute Gasteiger partial charge is 0.503 e. The molecule has 4 atom stereocenters. The maximum Gasteiger partial charge on any atom is 0.329 e. The summed E-state index contributed by atoms with van der Waals surface area (Å²) in [5, 5.41) is 12.8. The standard InChI is InChI=1S/C25H32F2N2O6/c1-7-14(4)20(29-24(31)21-22(30)18(33-6)10-11-28-21)25(32)34-15(5)23(13(2)3)35-19-12-16(26)8-9-17(19)27/h8-15,20,23,30H,7H2,1-6H3,(H,29,31)/t14-,15-,20-,23+/m0/s1. The maximum absolute atomic E-state index is 14.1. The van der Waals surface area contributed by atoms with Crippen molar-refractivity contribution < 1.29 is 37.7 Å². The summed E-state index contributed by atoms with van der Waals surface area (Å²) >= 11 is 0. The second-order valence-electron chi connectivity index (χ2n) is 8.59. The number of esters is 1. The maximum atomic E-state index is 14.1. The molecule has 0 aliphatic rings. The lowest BCUT2D eigenvalue weighted by Crippen LogP contribution is -2.48. The van der Waals surface area contributed by atoms with Gasteiger partial charge in [-0.15, -0.1) is 0 Å². The smallest absolute Gasteiger partial charge is 0.329 e. The number of hydrogen-bond acceptors (Lipinski definition) is 7. The number of halogens is 2. The summed E-state index contributed by atoms with van der Waals surface area (Å²) in [7, 11) is 1.33. The molecule has 0 unspecified atom stereocenters. The van der Waals surface area contributed by atoms with Crippen molar-refractivity contribution in [3.63, 3.8) is 0 Å². The van der Waals surface area contributed by atoms with E-state index in [4.69, 9.17) is 14.2 Å². The Morgan fingerprint density at radius 1 is 1.11 bits per heavy atom. The molecule has 0 saturated heterocycles. The van der Waals surface area contributed by atoms with E-state index in [1.165, 1.54) is 19.4 Å². The van der Waals surface area contributed by atoms with Crippen LogP contribution in [0.2, 0.25) is 0 Å². The van der Waals surface area contributed by atoms with E-state index in [2.05, 4.69) is 10.3 Å². The number of hydrogen-bond donors (Lipinski definition) is 2. The summed E-state index contributed by atoms with van der Waals surface area (Å²) < 4.78 is 44.0. The highest BCUT2D eigenvalue weighted by Gasteiger charge is 2.34. The zero-order valence-electron chi connectivity index (χ0n) is 20.7. The van der Waals surface area contributed by atoms with E-state index < -0.39 is 47.5 Å². The Labute approximate surface area is 203 Å². The van der Waals surface area contributed by atoms with Crippen LogP contribution >= 0.6 is 0 Å². The molecular weight excluding hydrogens is 462 g/mol. The van der Waals surface area contributed by atoms with Crippen LogP contribution in [0.1, 0.15) is 51.5 Å². The minimum atomic E-state index is -1.07. The third-order valence-corrected chi connectivity index (χ3v) is 5.65. The van der Waals surface area contributed by atoms with Crippen LogP contribution in [-0.4, -0.2) is 47.3 Å². The average Bonchev–Trinajstić information content (AvgIpc) is 2.81. The minimum absolute atomic E-state index is 0.0583. The summed E-state index contributed by atoms with van der Waals surface area (Å²) in [5.74, 6) is -4.18. The molecule has 8 nitrogen and oxygen atoms in total. The molecule has 0 aliphatic carbocycles. The predicted molar refractivity (Wildman–Crippen MR) is 124 cm³/mol. The highest BCUT2D eigenvalue weighted by Crippen LogP contribution is 2.28. The van der Waals surface area contributed by atoms with Crippen molar-refractivity contribution in [2.75, 3.05) is 7.11 Å². The van der Waals surface area contributed by atoms with Gasteiger partial charge in [0.25, 0.3) is 5.91 Å². The summed E-state index contributed by atoms with van der Waals surface area (Å²) in [5.41, 5.74) is -0.302. The molecule has 0 radical (unpaired) electrons. The first-order valence-electron chi connectivity index (χ1n) is 11.3. The van der Waals surface area contributed by atoms with Crippen LogP contribution in [0.25, 0.3) is 0 Å². The van der Waals surface area contributed by atoms with Crippen LogP contribution < -0.4 is 14.8 Å². The van der Waals surface area contributed by atoms with Crippen LogP contribution in [0.3, 0.4) is 0 Å². The first kappa shape index (κ1) is 27.8. The van der Waals surface area contributed by atoms with Crippen molar-refractivity contribution in [2.24, 2.45) is 11.8 Å². The molecule has 10 heteroatoms. The Hall–Kier alpha value is -3.43. The SMILES string of the molecule is CC[C@H](C)[C@H](NC(=O)c1nccc(OC)c1O)C(=O)O[C@@H](C)[C@H](Oc1cc(F)ccc1F)C(C)C. The molecule has 0 aliphatic heterocycles. The van der Waals surface area contributed by atoms with Gasteiger partial charge in [-0.25, -0.2) is 18.6 Å². The number of pyridine rings is 1. The molecule has 35 heavy (non-hydrogen) atoms. The van der Waals surface area contributed by atoms with E-state index >= 15 is 0 Å². The Bertz CT molecular complexity index is 1030. The Morgan fingerprint density at radius 2 is 1.80 bits per heavy atom. The van der Waals surface area contributed by atoms with Crippen molar-refractivity contribution >= 4 is 11.9 Å². The van der Waals surface area contributed by atoms with Gasteiger partial charge in [-0.3, -0.25) is 4.79 Å². The number of ether oxygens (including phenoxy) is 3. The van der Waals surface area contributed by atoms with E-state index in [0.29, 0.717) is 6.42 Å². The van der Waals surface area contributed by atoms with Crippen molar-refractivity contribution in [1.29, 1.82) is 0 Å². The lowest BCUT2D eigenvalue weighted by molar-refractivity contribution is -0.157. The van der Waals surface area contributed by atoms with Gasteiger partial charge in [0.2, 0.25) is 0 Å². The number of aromatic hydroxyl groups is 1. The second kappa shape index (κ2) is 12.3. The Kier molecular flexibility index (Phi) is 9.79. The fourth-order valence-electron chi connectivity index (χ4n) is 3.46. The van der Waals surface area contributed by atoms with E-state index in [-0.39, 0.29) is 29.0 Å². The average molecular weight is 495 g/mol.